The van der Waals surface area contributed by atoms with Crippen molar-refractivity contribution < 1.29 is 33.3 Å². The van der Waals surface area contributed by atoms with Crippen molar-refractivity contribution in [2.45, 2.75) is 63.9 Å². The molecule has 0 aromatic carbocycles. The summed E-state index contributed by atoms with van der Waals surface area (Å²) < 4.78 is 22.7. The second kappa shape index (κ2) is 9.82. The molecule has 0 spiro atoms. The normalized spacial score (nSPS) is 25.6. The molecular formula is C23H24N4O9. The maximum absolute atomic E-state index is 12.9. The van der Waals surface area contributed by atoms with Gasteiger partial charge in [0.25, 0.3) is 5.56 Å². The van der Waals surface area contributed by atoms with Gasteiger partial charge >= 0.3 is 17.6 Å². The molecule has 13 heteroatoms. The van der Waals surface area contributed by atoms with Crippen molar-refractivity contribution in [3.8, 4) is 6.07 Å². The van der Waals surface area contributed by atoms with Gasteiger partial charge in [-0.1, -0.05) is 0 Å². The Labute approximate surface area is 204 Å². The van der Waals surface area contributed by atoms with Crippen molar-refractivity contribution in [1.29, 1.82) is 5.26 Å². The van der Waals surface area contributed by atoms with Gasteiger partial charge in [-0.15, -0.1) is 0 Å². The van der Waals surface area contributed by atoms with Crippen LogP contribution >= 0.6 is 0 Å². The fourth-order valence-electron chi connectivity index (χ4n) is 4.65. The summed E-state index contributed by atoms with van der Waals surface area (Å²) in [5.41, 5.74) is 4.27. The SMILES string of the molecule is CC(=O)OC[C@H]1O[C@@H](n2cc(C3C(C#N)=C(N)OC4=C3C(=O)CCC4)c(=O)[nH]c2=O)C[C@@H]1OC(C)=O. The minimum absolute atomic E-state index is 0.0145. The highest BCUT2D eigenvalue weighted by Gasteiger charge is 2.42. The van der Waals surface area contributed by atoms with Crippen LogP contribution in [-0.2, 0) is 33.3 Å². The standard InChI is InChI=1S/C23H24N4O9/c1-10(28)33-9-17-16(34-11(2)29)6-18(35-17)27-8-13(22(31)26-23(27)32)19-12(7-24)21(25)36-15-5-3-4-14(30)20(15)19/h8,16-19H,3-6,9,25H2,1-2H3,(H,26,31,32)/t16-,17+,18+,19?/m0/s1. The largest absolute Gasteiger partial charge is 0.463 e. The van der Waals surface area contributed by atoms with Crippen molar-refractivity contribution in [1.82, 2.24) is 9.55 Å². The molecular weight excluding hydrogens is 476 g/mol. The molecule has 2 aliphatic heterocycles. The fraction of sp³-hybridized carbons (Fsp3) is 0.478. The van der Waals surface area contributed by atoms with Gasteiger partial charge in [-0.05, 0) is 6.42 Å². The molecule has 3 aliphatic rings. The summed E-state index contributed by atoms with van der Waals surface area (Å²) in [5, 5.41) is 9.76. The Morgan fingerprint density at radius 1 is 1.25 bits per heavy atom. The van der Waals surface area contributed by atoms with Crippen LogP contribution in [0, 0.1) is 11.3 Å². The number of nitrogens with two attached hydrogens (primary N) is 1. The van der Waals surface area contributed by atoms with E-state index in [1.54, 1.807) is 0 Å². The Kier molecular flexibility index (Phi) is 6.80. The highest BCUT2D eigenvalue weighted by atomic mass is 16.6. The van der Waals surface area contributed by atoms with E-state index >= 15 is 0 Å². The van der Waals surface area contributed by atoms with E-state index in [2.05, 4.69) is 4.98 Å². The van der Waals surface area contributed by atoms with E-state index in [9.17, 15) is 29.2 Å². The second-order valence-corrected chi connectivity index (χ2v) is 8.60. The summed E-state index contributed by atoms with van der Waals surface area (Å²) in [6, 6.07) is 1.92. The number of aromatic amines is 1. The Hall–Kier alpha value is -4.18. The molecule has 190 valence electrons. The molecule has 1 aromatic heterocycles. The summed E-state index contributed by atoms with van der Waals surface area (Å²) >= 11 is 0. The van der Waals surface area contributed by atoms with E-state index in [0.717, 1.165) is 4.57 Å². The average Bonchev–Trinajstić information content (AvgIpc) is 3.18. The van der Waals surface area contributed by atoms with Crippen LogP contribution in [0.3, 0.4) is 0 Å². The minimum atomic E-state index is -1.13. The van der Waals surface area contributed by atoms with E-state index in [-0.39, 0.29) is 47.8 Å². The molecule has 1 aromatic rings. The number of carbonyl (C=O) groups is 3. The van der Waals surface area contributed by atoms with Crippen LogP contribution in [0.25, 0.3) is 0 Å². The highest BCUT2D eigenvalue weighted by Crippen LogP contribution is 2.42. The number of Topliss-reactive ketones (excluding diaryl/α,β-unsaturated/α-hetero) is 1. The third-order valence-electron chi connectivity index (χ3n) is 6.17. The van der Waals surface area contributed by atoms with Gasteiger partial charge in [0.2, 0.25) is 5.88 Å². The van der Waals surface area contributed by atoms with E-state index < -0.39 is 47.5 Å². The van der Waals surface area contributed by atoms with Gasteiger partial charge < -0.3 is 24.7 Å². The number of nitrogens with zero attached hydrogens (tertiary/aromatic N) is 2. The van der Waals surface area contributed by atoms with Crippen molar-refractivity contribution in [3.63, 3.8) is 0 Å². The number of hydrogen-bond acceptors (Lipinski definition) is 11. The second-order valence-electron chi connectivity index (χ2n) is 8.60. The van der Waals surface area contributed by atoms with Gasteiger partial charge in [0.15, 0.2) is 5.78 Å². The van der Waals surface area contributed by atoms with Crippen molar-refractivity contribution in [2.75, 3.05) is 6.61 Å². The van der Waals surface area contributed by atoms with Crippen molar-refractivity contribution in [2.24, 2.45) is 5.73 Å². The van der Waals surface area contributed by atoms with Gasteiger partial charge in [0, 0.05) is 50.4 Å². The van der Waals surface area contributed by atoms with Gasteiger partial charge in [0.05, 0.1) is 5.92 Å². The summed E-state index contributed by atoms with van der Waals surface area (Å²) in [6.07, 6.45) is -0.347. The van der Waals surface area contributed by atoms with Gasteiger partial charge in [-0.3, -0.25) is 28.7 Å². The van der Waals surface area contributed by atoms with Crippen LogP contribution in [-0.4, -0.2) is 46.1 Å². The molecule has 4 rings (SSSR count). The number of ketones is 1. The lowest BCUT2D eigenvalue weighted by Gasteiger charge is -2.30. The molecule has 36 heavy (non-hydrogen) atoms. The first-order chi connectivity index (χ1) is 17.1. The first-order valence-electron chi connectivity index (χ1n) is 11.3. The molecule has 1 unspecified atom stereocenters. The lowest BCUT2D eigenvalue weighted by Crippen LogP contribution is -2.37. The molecule has 13 nitrogen and oxygen atoms in total. The third kappa shape index (κ3) is 4.67. The smallest absolute Gasteiger partial charge is 0.330 e. The molecule has 1 fully saturated rings. The number of rotatable bonds is 5. The molecule has 0 radical (unpaired) electrons. The van der Waals surface area contributed by atoms with Crippen LogP contribution in [0.5, 0.6) is 0 Å². The third-order valence-corrected chi connectivity index (χ3v) is 6.17. The summed E-state index contributed by atoms with van der Waals surface area (Å²) in [5.74, 6) is -2.51. The molecule has 0 bridgehead atoms. The summed E-state index contributed by atoms with van der Waals surface area (Å²) in [4.78, 5) is 63.5. The van der Waals surface area contributed by atoms with Crippen molar-refractivity contribution in [3.05, 3.63) is 55.4 Å². The van der Waals surface area contributed by atoms with Crippen molar-refractivity contribution >= 4 is 17.7 Å². The molecule has 1 saturated heterocycles. The Bertz CT molecular complexity index is 1350. The Balaban J connectivity index is 1.77. The zero-order valence-corrected chi connectivity index (χ0v) is 19.6. The summed E-state index contributed by atoms with van der Waals surface area (Å²) in [6.45, 7) is 2.19. The zero-order chi connectivity index (χ0) is 26.1. The lowest BCUT2D eigenvalue weighted by atomic mass is 9.78. The van der Waals surface area contributed by atoms with Crippen LogP contribution < -0.4 is 17.0 Å². The zero-order valence-electron chi connectivity index (χ0n) is 19.6. The number of H-pyrrole nitrogens is 1. The Morgan fingerprint density at radius 2 is 2.00 bits per heavy atom. The quantitative estimate of drug-likeness (QED) is 0.522. The number of hydrogen-bond donors (Lipinski definition) is 2. The molecule has 3 N–H and O–H groups in total. The predicted molar refractivity (Wildman–Crippen MR) is 119 cm³/mol. The number of nitrogens with one attached hydrogen (secondary N) is 1. The minimum Gasteiger partial charge on any atom is -0.463 e. The van der Waals surface area contributed by atoms with E-state index in [1.165, 1.54) is 20.0 Å². The average molecular weight is 500 g/mol. The number of aromatic nitrogens is 2. The monoisotopic (exact) mass is 500 g/mol. The molecule has 1 aliphatic carbocycles. The highest BCUT2D eigenvalue weighted by molar-refractivity contribution is 5.99. The van der Waals surface area contributed by atoms with E-state index in [0.29, 0.717) is 18.6 Å². The number of carbonyl (C=O) groups excluding carboxylic acids is 3. The number of esters is 2. The number of allylic oxidation sites excluding steroid dienone is 3. The van der Waals surface area contributed by atoms with E-state index in [4.69, 9.17) is 24.7 Å². The topological polar surface area (TPSA) is 193 Å². The summed E-state index contributed by atoms with van der Waals surface area (Å²) in [7, 11) is 0. The fourth-order valence-corrected chi connectivity index (χ4v) is 4.65. The molecule has 0 amide bonds. The van der Waals surface area contributed by atoms with Crippen LogP contribution in [0.1, 0.15) is 57.2 Å². The van der Waals surface area contributed by atoms with E-state index in [1.807, 2.05) is 6.07 Å². The molecule has 0 saturated carbocycles. The van der Waals surface area contributed by atoms with Crippen LogP contribution in [0.2, 0.25) is 0 Å². The number of nitriles is 1. The molecule has 3 heterocycles. The van der Waals surface area contributed by atoms with Gasteiger partial charge in [-0.2, -0.15) is 5.26 Å². The Morgan fingerprint density at radius 3 is 2.67 bits per heavy atom. The van der Waals surface area contributed by atoms with Crippen LogP contribution in [0.15, 0.2) is 38.6 Å². The predicted octanol–water partition coefficient (Wildman–Crippen LogP) is 0.134. The van der Waals surface area contributed by atoms with Gasteiger partial charge in [-0.25, -0.2) is 4.79 Å². The van der Waals surface area contributed by atoms with Gasteiger partial charge in [0.1, 0.15) is 42.4 Å². The first-order valence-corrected chi connectivity index (χ1v) is 11.3. The maximum Gasteiger partial charge on any atom is 0.330 e. The molecule has 4 atom stereocenters. The maximum atomic E-state index is 12.9. The first kappa shape index (κ1) is 24.9. The van der Waals surface area contributed by atoms with Crippen LogP contribution in [0.4, 0.5) is 0 Å². The number of ether oxygens (including phenoxy) is 4. The lowest BCUT2D eigenvalue weighted by molar-refractivity contribution is -0.155.